The summed E-state index contributed by atoms with van der Waals surface area (Å²) in [6.07, 6.45) is 0. The van der Waals surface area contributed by atoms with Gasteiger partial charge in [-0.25, -0.2) is 0 Å². The molecule has 2 rings (SSSR count). The number of rotatable bonds is 3. The fraction of sp³-hybridized carbons (Fsp3) is 0.250. The van der Waals surface area contributed by atoms with E-state index in [9.17, 15) is 0 Å². The Labute approximate surface area is 124 Å². The minimum Gasteiger partial charge on any atom is -0.324 e. The molecule has 0 aliphatic heterocycles. The normalized spacial score (nSPS) is 12.5. The summed E-state index contributed by atoms with van der Waals surface area (Å²) in [7, 11) is 0. The van der Waals surface area contributed by atoms with E-state index >= 15 is 0 Å². The highest BCUT2D eigenvalue weighted by Crippen LogP contribution is 2.35. The van der Waals surface area contributed by atoms with Crippen molar-refractivity contribution < 1.29 is 0 Å². The summed E-state index contributed by atoms with van der Waals surface area (Å²) in [6.45, 7) is 6.20. The van der Waals surface area contributed by atoms with E-state index in [2.05, 4.69) is 32.0 Å². The van der Waals surface area contributed by atoms with Crippen LogP contribution < -0.4 is 5.73 Å². The largest absolute Gasteiger partial charge is 0.324 e. The van der Waals surface area contributed by atoms with Crippen LogP contribution in [0.5, 0.6) is 0 Å². The highest BCUT2D eigenvalue weighted by molar-refractivity contribution is 7.99. The van der Waals surface area contributed by atoms with Crippen molar-refractivity contribution in [2.75, 3.05) is 0 Å². The van der Waals surface area contributed by atoms with Gasteiger partial charge in [0.15, 0.2) is 0 Å². The standard InChI is InChI=1S/C16H18ClNS/c1-10-4-6-14(8-11(10)2)19-16-7-5-13(12(3)18)9-15(16)17/h4-9,12H,18H2,1-3H3. The minimum absolute atomic E-state index is 0.0122. The van der Waals surface area contributed by atoms with Crippen molar-refractivity contribution >= 4 is 23.4 Å². The van der Waals surface area contributed by atoms with Crippen molar-refractivity contribution in [3.63, 3.8) is 0 Å². The fourth-order valence-corrected chi connectivity index (χ4v) is 3.01. The van der Waals surface area contributed by atoms with Crippen molar-refractivity contribution in [2.45, 2.75) is 36.6 Å². The zero-order chi connectivity index (χ0) is 14.0. The average molecular weight is 292 g/mol. The Kier molecular flexibility index (Phi) is 4.56. The van der Waals surface area contributed by atoms with Crippen LogP contribution >= 0.6 is 23.4 Å². The number of hydrogen-bond donors (Lipinski definition) is 1. The Bertz CT molecular complexity index is 593. The smallest absolute Gasteiger partial charge is 0.0548 e. The van der Waals surface area contributed by atoms with Crippen LogP contribution in [-0.2, 0) is 0 Å². The quantitative estimate of drug-likeness (QED) is 0.848. The second kappa shape index (κ2) is 6.00. The van der Waals surface area contributed by atoms with E-state index < -0.39 is 0 Å². The van der Waals surface area contributed by atoms with E-state index in [4.69, 9.17) is 17.3 Å². The second-order valence-electron chi connectivity index (χ2n) is 4.83. The van der Waals surface area contributed by atoms with Gasteiger partial charge in [-0.3, -0.25) is 0 Å². The maximum Gasteiger partial charge on any atom is 0.0548 e. The van der Waals surface area contributed by atoms with Gasteiger partial charge in [0.2, 0.25) is 0 Å². The lowest BCUT2D eigenvalue weighted by Crippen LogP contribution is -2.04. The molecule has 0 amide bonds. The third-order valence-electron chi connectivity index (χ3n) is 3.19. The van der Waals surface area contributed by atoms with Gasteiger partial charge >= 0.3 is 0 Å². The zero-order valence-electron chi connectivity index (χ0n) is 11.4. The van der Waals surface area contributed by atoms with Crippen LogP contribution in [0.4, 0.5) is 0 Å². The molecule has 0 bridgehead atoms. The van der Waals surface area contributed by atoms with Gasteiger partial charge in [0.05, 0.1) is 5.02 Å². The van der Waals surface area contributed by atoms with Crippen LogP contribution in [0.1, 0.15) is 29.7 Å². The molecule has 2 aromatic rings. The molecule has 0 heterocycles. The molecule has 0 aliphatic rings. The maximum atomic E-state index is 6.32. The van der Waals surface area contributed by atoms with Crippen LogP contribution in [0.3, 0.4) is 0 Å². The van der Waals surface area contributed by atoms with E-state index in [1.54, 1.807) is 11.8 Å². The van der Waals surface area contributed by atoms with E-state index in [1.165, 1.54) is 16.0 Å². The molecule has 0 saturated carbocycles. The first kappa shape index (κ1) is 14.4. The molecule has 100 valence electrons. The monoisotopic (exact) mass is 291 g/mol. The zero-order valence-corrected chi connectivity index (χ0v) is 13.0. The summed E-state index contributed by atoms with van der Waals surface area (Å²) in [5.41, 5.74) is 9.53. The summed E-state index contributed by atoms with van der Waals surface area (Å²) in [4.78, 5) is 2.27. The third-order valence-corrected chi connectivity index (χ3v) is 4.68. The molecule has 0 radical (unpaired) electrons. The number of nitrogens with two attached hydrogens (primary N) is 1. The SMILES string of the molecule is Cc1ccc(Sc2ccc(C(C)N)cc2Cl)cc1C. The molecular weight excluding hydrogens is 274 g/mol. The van der Waals surface area contributed by atoms with Crippen LogP contribution in [0.15, 0.2) is 46.2 Å². The lowest BCUT2D eigenvalue weighted by atomic mass is 10.1. The molecule has 0 aromatic heterocycles. The van der Waals surface area contributed by atoms with E-state index in [-0.39, 0.29) is 6.04 Å². The van der Waals surface area contributed by atoms with Gasteiger partial charge < -0.3 is 5.73 Å². The molecule has 0 aliphatic carbocycles. The van der Waals surface area contributed by atoms with Crippen LogP contribution in [0, 0.1) is 13.8 Å². The molecule has 2 aromatic carbocycles. The van der Waals surface area contributed by atoms with Crippen molar-refractivity contribution in [1.82, 2.24) is 0 Å². The van der Waals surface area contributed by atoms with Gasteiger partial charge in [0, 0.05) is 15.8 Å². The molecule has 1 nitrogen and oxygen atoms in total. The Morgan fingerprint density at radius 1 is 1.05 bits per heavy atom. The maximum absolute atomic E-state index is 6.32. The topological polar surface area (TPSA) is 26.0 Å². The van der Waals surface area contributed by atoms with E-state index in [1.807, 2.05) is 25.1 Å². The molecule has 19 heavy (non-hydrogen) atoms. The lowest BCUT2D eigenvalue weighted by Gasteiger charge is -2.10. The Morgan fingerprint density at radius 3 is 2.37 bits per heavy atom. The summed E-state index contributed by atoms with van der Waals surface area (Å²) in [6, 6.07) is 12.5. The summed E-state index contributed by atoms with van der Waals surface area (Å²) in [5.74, 6) is 0. The van der Waals surface area contributed by atoms with Gasteiger partial charge in [-0.2, -0.15) is 0 Å². The van der Waals surface area contributed by atoms with E-state index in [0.29, 0.717) is 0 Å². The van der Waals surface area contributed by atoms with Crippen LogP contribution in [0.25, 0.3) is 0 Å². The first-order valence-electron chi connectivity index (χ1n) is 6.27. The van der Waals surface area contributed by atoms with Gasteiger partial charge in [-0.05, 0) is 61.7 Å². The fourth-order valence-electron chi connectivity index (χ4n) is 1.79. The molecule has 3 heteroatoms. The number of aryl methyl sites for hydroxylation is 2. The van der Waals surface area contributed by atoms with Gasteiger partial charge in [-0.15, -0.1) is 0 Å². The van der Waals surface area contributed by atoms with E-state index in [0.717, 1.165) is 15.5 Å². The Balaban J connectivity index is 2.25. The van der Waals surface area contributed by atoms with Crippen LogP contribution in [-0.4, -0.2) is 0 Å². The molecule has 0 saturated heterocycles. The molecular formula is C16H18ClNS. The van der Waals surface area contributed by atoms with Crippen molar-refractivity contribution in [3.05, 3.63) is 58.1 Å². The summed E-state index contributed by atoms with van der Waals surface area (Å²) in [5, 5.41) is 0.762. The molecule has 0 spiro atoms. The van der Waals surface area contributed by atoms with Gasteiger partial charge in [-0.1, -0.05) is 35.5 Å². The van der Waals surface area contributed by atoms with Crippen molar-refractivity contribution in [3.8, 4) is 0 Å². The first-order valence-corrected chi connectivity index (χ1v) is 7.47. The third kappa shape index (κ3) is 3.53. The average Bonchev–Trinajstić information content (AvgIpc) is 2.36. The Hall–Kier alpha value is -0.960. The number of benzene rings is 2. The molecule has 0 fully saturated rings. The highest BCUT2D eigenvalue weighted by atomic mass is 35.5. The lowest BCUT2D eigenvalue weighted by molar-refractivity contribution is 0.817. The minimum atomic E-state index is 0.0122. The first-order chi connectivity index (χ1) is 8.97. The van der Waals surface area contributed by atoms with Crippen molar-refractivity contribution in [2.24, 2.45) is 5.73 Å². The predicted octanol–water partition coefficient (Wildman–Crippen LogP) is 5.13. The summed E-state index contributed by atoms with van der Waals surface area (Å²) < 4.78 is 0. The van der Waals surface area contributed by atoms with Crippen molar-refractivity contribution in [1.29, 1.82) is 0 Å². The predicted molar refractivity (Wildman–Crippen MR) is 84.1 cm³/mol. The highest BCUT2D eigenvalue weighted by Gasteiger charge is 2.07. The van der Waals surface area contributed by atoms with Crippen LogP contribution in [0.2, 0.25) is 5.02 Å². The molecule has 1 unspecified atom stereocenters. The number of hydrogen-bond acceptors (Lipinski definition) is 2. The Morgan fingerprint density at radius 2 is 1.79 bits per heavy atom. The summed E-state index contributed by atoms with van der Waals surface area (Å²) >= 11 is 8.00. The van der Waals surface area contributed by atoms with Gasteiger partial charge in [0.1, 0.15) is 0 Å². The second-order valence-corrected chi connectivity index (χ2v) is 6.35. The van der Waals surface area contributed by atoms with Gasteiger partial charge in [0.25, 0.3) is 0 Å². The molecule has 1 atom stereocenters. The number of halogens is 1. The molecule has 2 N–H and O–H groups in total.